The van der Waals surface area contributed by atoms with Crippen molar-refractivity contribution in [2.75, 3.05) is 13.7 Å². The second-order valence-electron chi connectivity index (χ2n) is 6.85. The van der Waals surface area contributed by atoms with Crippen LogP contribution in [0.5, 0.6) is 5.75 Å². The molecule has 1 aromatic heterocycles. The van der Waals surface area contributed by atoms with Gasteiger partial charge in [-0.15, -0.1) is 24.0 Å². The number of aromatic nitrogens is 1. The molecule has 150 valence electrons. The Morgan fingerprint density at radius 2 is 1.96 bits per heavy atom. The number of benzene rings is 1. The third-order valence-corrected chi connectivity index (χ3v) is 3.68. The molecule has 1 aromatic carbocycles. The summed E-state index contributed by atoms with van der Waals surface area (Å²) in [6, 6.07) is 4.90. The van der Waals surface area contributed by atoms with E-state index in [0.29, 0.717) is 31.5 Å². The van der Waals surface area contributed by atoms with Gasteiger partial charge in [-0.2, -0.15) is 0 Å². The van der Waals surface area contributed by atoms with Gasteiger partial charge in [0.15, 0.2) is 17.5 Å². The summed E-state index contributed by atoms with van der Waals surface area (Å²) in [5, 5.41) is 6.26. The van der Waals surface area contributed by atoms with Gasteiger partial charge in [0.25, 0.3) is 0 Å². The lowest BCUT2D eigenvalue weighted by Gasteiger charge is -2.13. The minimum Gasteiger partial charge on any atom is -0.491 e. The molecule has 27 heavy (non-hydrogen) atoms. The fraction of sp³-hybridized carbons (Fsp3) is 0.474. The van der Waals surface area contributed by atoms with Crippen LogP contribution in [0.2, 0.25) is 0 Å². The minimum atomic E-state index is -0.372. The molecule has 0 amide bonds. The SMILES string of the molecule is CCOc1ccc(CNC(=NC)NCc2ncc(C(C)(C)C)o2)cc1F.I. The average Bonchev–Trinajstić information content (AvgIpc) is 3.07. The van der Waals surface area contributed by atoms with Crippen LogP contribution in [0.3, 0.4) is 0 Å². The van der Waals surface area contributed by atoms with Crippen molar-refractivity contribution in [3.05, 3.63) is 47.4 Å². The van der Waals surface area contributed by atoms with Crippen LogP contribution in [-0.2, 0) is 18.5 Å². The first-order valence-corrected chi connectivity index (χ1v) is 8.64. The van der Waals surface area contributed by atoms with Gasteiger partial charge >= 0.3 is 0 Å². The normalized spacial score (nSPS) is 11.7. The molecule has 8 heteroatoms. The number of halogens is 2. The Bertz CT molecular complexity index is 756. The number of hydrogen-bond acceptors (Lipinski definition) is 4. The number of guanidine groups is 1. The number of nitrogens with zero attached hydrogens (tertiary/aromatic N) is 2. The van der Waals surface area contributed by atoms with Gasteiger partial charge in [-0.05, 0) is 24.6 Å². The molecule has 1 heterocycles. The summed E-state index contributed by atoms with van der Waals surface area (Å²) in [4.78, 5) is 8.42. The quantitative estimate of drug-likeness (QED) is 0.364. The molecule has 0 saturated carbocycles. The third kappa shape index (κ3) is 7.00. The third-order valence-electron chi connectivity index (χ3n) is 3.68. The molecule has 6 nitrogen and oxygen atoms in total. The largest absolute Gasteiger partial charge is 0.491 e. The van der Waals surface area contributed by atoms with Crippen LogP contribution in [-0.4, -0.2) is 24.6 Å². The molecular weight excluding hydrogens is 462 g/mol. The number of ether oxygens (including phenoxy) is 1. The molecule has 0 aliphatic carbocycles. The van der Waals surface area contributed by atoms with Crippen LogP contribution in [0, 0.1) is 5.82 Å². The van der Waals surface area contributed by atoms with Crippen LogP contribution in [0.25, 0.3) is 0 Å². The van der Waals surface area contributed by atoms with E-state index < -0.39 is 0 Å². The highest BCUT2D eigenvalue weighted by Crippen LogP contribution is 2.22. The van der Waals surface area contributed by atoms with Crippen molar-refractivity contribution in [3.63, 3.8) is 0 Å². The number of aliphatic imine (C=N–C) groups is 1. The predicted octanol–water partition coefficient (Wildman–Crippen LogP) is 3.99. The van der Waals surface area contributed by atoms with Crippen LogP contribution >= 0.6 is 24.0 Å². The summed E-state index contributed by atoms with van der Waals surface area (Å²) < 4.78 is 24.8. The zero-order valence-corrected chi connectivity index (χ0v) is 18.8. The van der Waals surface area contributed by atoms with E-state index in [9.17, 15) is 4.39 Å². The first-order valence-electron chi connectivity index (χ1n) is 8.64. The highest BCUT2D eigenvalue weighted by molar-refractivity contribution is 14.0. The fourth-order valence-corrected chi connectivity index (χ4v) is 2.23. The summed E-state index contributed by atoms with van der Waals surface area (Å²) in [5.41, 5.74) is 0.711. The Morgan fingerprint density at radius 3 is 2.52 bits per heavy atom. The molecule has 0 aliphatic heterocycles. The standard InChI is InChI=1S/C19H27FN4O2.HI/c1-6-25-15-8-7-13(9-14(15)20)10-23-18(21-5)24-12-17-22-11-16(26-17)19(2,3)4;/h7-9,11H,6,10,12H2,1-5H3,(H2,21,23,24);1H. The zero-order valence-electron chi connectivity index (χ0n) is 16.4. The van der Waals surface area contributed by atoms with Crippen LogP contribution in [0.1, 0.15) is 44.9 Å². The van der Waals surface area contributed by atoms with Crippen LogP contribution in [0.15, 0.2) is 33.8 Å². The van der Waals surface area contributed by atoms with Gasteiger partial charge in [0.05, 0.1) is 19.3 Å². The molecule has 0 radical (unpaired) electrons. The number of rotatable bonds is 6. The maximum Gasteiger partial charge on any atom is 0.213 e. The van der Waals surface area contributed by atoms with Crippen molar-refractivity contribution >= 4 is 29.9 Å². The van der Waals surface area contributed by atoms with Crippen molar-refractivity contribution in [1.82, 2.24) is 15.6 Å². The molecule has 0 bridgehead atoms. The second kappa shape index (κ2) is 10.5. The minimum absolute atomic E-state index is 0. The van der Waals surface area contributed by atoms with Crippen molar-refractivity contribution < 1.29 is 13.5 Å². The lowest BCUT2D eigenvalue weighted by molar-refractivity contribution is 0.321. The molecule has 0 atom stereocenters. The van der Waals surface area contributed by atoms with E-state index in [1.54, 1.807) is 19.3 Å². The van der Waals surface area contributed by atoms with Gasteiger partial charge in [0.2, 0.25) is 5.89 Å². The number of hydrogen-bond donors (Lipinski definition) is 2. The lowest BCUT2D eigenvalue weighted by atomic mass is 9.94. The number of oxazole rings is 1. The summed E-state index contributed by atoms with van der Waals surface area (Å²) in [6.07, 6.45) is 1.75. The molecule has 0 aliphatic rings. The van der Waals surface area contributed by atoms with E-state index >= 15 is 0 Å². The molecular formula is C19H28FIN4O2. The molecule has 2 N–H and O–H groups in total. The van der Waals surface area contributed by atoms with E-state index in [2.05, 4.69) is 41.4 Å². The molecule has 0 spiro atoms. The van der Waals surface area contributed by atoms with E-state index in [0.717, 1.165) is 11.3 Å². The summed E-state index contributed by atoms with van der Waals surface area (Å²) in [6.45, 7) is 9.31. The Hall–Kier alpha value is -1.84. The predicted molar refractivity (Wildman–Crippen MR) is 115 cm³/mol. The average molecular weight is 490 g/mol. The Kier molecular flexibility index (Phi) is 9.01. The monoisotopic (exact) mass is 490 g/mol. The van der Waals surface area contributed by atoms with E-state index in [1.165, 1.54) is 6.07 Å². The fourth-order valence-electron chi connectivity index (χ4n) is 2.23. The zero-order chi connectivity index (χ0) is 19.2. The van der Waals surface area contributed by atoms with Crippen LogP contribution < -0.4 is 15.4 Å². The van der Waals surface area contributed by atoms with Gasteiger partial charge in [0.1, 0.15) is 5.76 Å². The highest BCUT2D eigenvalue weighted by atomic mass is 127. The molecule has 0 saturated heterocycles. The Balaban J connectivity index is 0.00000364. The van der Waals surface area contributed by atoms with E-state index in [-0.39, 0.29) is 41.0 Å². The maximum atomic E-state index is 13.9. The molecule has 2 rings (SSSR count). The summed E-state index contributed by atoms with van der Waals surface area (Å²) in [5.74, 6) is 1.89. The van der Waals surface area contributed by atoms with Crippen LogP contribution in [0.4, 0.5) is 4.39 Å². The van der Waals surface area contributed by atoms with Gasteiger partial charge in [-0.3, -0.25) is 4.99 Å². The topological polar surface area (TPSA) is 71.7 Å². The van der Waals surface area contributed by atoms with Gasteiger partial charge < -0.3 is 19.8 Å². The van der Waals surface area contributed by atoms with Gasteiger partial charge in [-0.1, -0.05) is 26.8 Å². The first kappa shape index (κ1) is 23.2. The van der Waals surface area contributed by atoms with E-state index in [4.69, 9.17) is 9.15 Å². The number of nitrogens with one attached hydrogen (secondary N) is 2. The summed E-state index contributed by atoms with van der Waals surface area (Å²) in [7, 11) is 1.67. The summed E-state index contributed by atoms with van der Waals surface area (Å²) >= 11 is 0. The van der Waals surface area contributed by atoms with Gasteiger partial charge in [-0.25, -0.2) is 9.37 Å². The van der Waals surface area contributed by atoms with E-state index in [1.807, 2.05) is 13.0 Å². The lowest BCUT2D eigenvalue weighted by Crippen LogP contribution is -2.36. The second-order valence-corrected chi connectivity index (χ2v) is 6.85. The maximum absolute atomic E-state index is 13.9. The molecule has 0 fully saturated rings. The Labute approximate surface area is 177 Å². The van der Waals surface area contributed by atoms with Crippen molar-refractivity contribution in [2.24, 2.45) is 4.99 Å². The van der Waals surface area contributed by atoms with Crippen molar-refractivity contribution in [3.8, 4) is 5.75 Å². The highest BCUT2D eigenvalue weighted by Gasteiger charge is 2.19. The molecule has 2 aromatic rings. The van der Waals surface area contributed by atoms with Crippen molar-refractivity contribution in [1.29, 1.82) is 0 Å². The Morgan fingerprint density at radius 1 is 1.26 bits per heavy atom. The molecule has 0 unspecified atom stereocenters. The van der Waals surface area contributed by atoms with Crippen molar-refractivity contribution in [2.45, 2.75) is 46.2 Å². The van der Waals surface area contributed by atoms with Gasteiger partial charge in [0, 0.05) is 19.0 Å². The smallest absolute Gasteiger partial charge is 0.213 e. The first-order chi connectivity index (χ1) is 12.3.